The number of halogens is 2. The van der Waals surface area contributed by atoms with Crippen molar-refractivity contribution >= 4 is 23.2 Å². The Bertz CT molecular complexity index is 557. The van der Waals surface area contributed by atoms with Gasteiger partial charge in [0.1, 0.15) is 5.82 Å². The molecule has 0 aliphatic heterocycles. The van der Waals surface area contributed by atoms with Crippen LogP contribution in [0, 0.1) is 5.82 Å². The molecule has 0 atom stereocenters. The Morgan fingerprint density at radius 2 is 1.88 bits per heavy atom. The predicted molar refractivity (Wildman–Crippen MR) is 65.8 cm³/mol. The van der Waals surface area contributed by atoms with E-state index in [-0.39, 0.29) is 5.91 Å². The van der Waals surface area contributed by atoms with Crippen molar-refractivity contribution in [3.05, 3.63) is 64.9 Å². The fourth-order valence-corrected chi connectivity index (χ4v) is 1.63. The van der Waals surface area contributed by atoms with Gasteiger partial charge in [-0.15, -0.1) is 0 Å². The second kappa shape index (κ2) is 4.97. The molecule has 0 fully saturated rings. The highest BCUT2D eigenvalue weighted by atomic mass is 35.5. The molecule has 17 heavy (non-hydrogen) atoms. The fourth-order valence-electron chi connectivity index (χ4n) is 1.41. The zero-order valence-electron chi connectivity index (χ0n) is 8.78. The Kier molecular flexibility index (Phi) is 3.40. The molecule has 0 radical (unpaired) electrons. The van der Waals surface area contributed by atoms with Gasteiger partial charge in [0.2, 0.25) is 0 Å². The molecule has 2 rings (SSSR count). The van der Waals surface area contributed by atoms with Crippen LogP contribution in [0.4, 0.5) is 10.1 Å². The van der Waals surface area contributed by atoms with E-state index in [0.29, 0.717) is 16.3 Å². The average Bonchev–Trinajstić information content (AvgIpc) is 2.29. The Morgan fingerprint density at radius 1 is 1.12 bits per heavy atom. The largest absolute Gasteiger partial charge is 0.322 e. The summed E-state index contributed by atoms with van der Waals surface area (Å²) in [7, 11) is 0. The third-order valence-electron chi connectivity index (χ3n) is 2.20. The van der Waals surface area contributed by atoms with E-state index in [2.05, 4.69) is 5.32 Å². The first-order valence-corrected chi connectivity index (χ1v) is 5.36. The second-order valence-corrected chi connectivity index (χ2v) is 3.85. The van der Waals surface area contributed by atoms with Crippen molar-refractivity contribution < 1.29 is 9.18 Å². The zero-order chi connectivity index (χ0) is 12.3. The second-order valence-electron chi connectivity index (χ2n) is 3.44. The molecule has 0 aliphatic rings. The minimum absolute atomic E-state index is 0.360. The van der Waals surface area contributed by atoms with Gasteiger partial charge in [-0.3, -0.25) is 4.79 Å². The van der Waals surface area contributed by atoms with E-state index >= 15 is 0 Å². The molecule has 0 saturated carbocycles. The first kappa shape index (κ1) is 11.6. The van der Waals surface area contributed by atoms with Crippen LogP contribution in [0.3, 0.4) is 0 Å². The Hall–Kier alpha value is -1.87. The van der Waals surface area contributed by atoms with Crippen LogP contribution in [-0.4, -0.2) is 5.91 Å². The molecule has 0 aliphatic carbocycles. The highest BCUT2D eigenvalue weighted by Gasteiger charge is 2.09. The van der Waals surface area contributed by atoms with Gasteiger partial charge in [0.15, 0.2) is 0 Å². The monoisotopic (exact) mass is 249 g/mol. The van der Waals surface area contributed by atoms with Crippen molar-refractivity contribution in [1.82, 2.24) is 0 Å². The van der Waals surface area contributed by atoms with Gasteiger partial charge in [0.05, 0.1) is 10.6 Å². The maximum atomic E-state index is 12.9. The molecule has 0 unspecified atom stereocenters. The number of carbonyl (C=O) groups excluding carboxylic acids is 1. The van der Waals surface area contributed by atoms with E-state index in [9.17, 15) is 9.18 Å². The number of benzene rings is 2. The van der Waals surface area contributed by atoms with Crippen molar-refractivity contribution in [2.45, 2.75) is 0 Å². The van der Waals surface area contributed by atoms with Crippen LogP contribution in [0.5, 0.6) is 0 Å². The minimum Gasteiger partial charge on any atom is -0.322 e. The van der Waals surface area contributed by atoms with E-state index in [0.717, 1.165) is 0 Å². The van der Waals surface area contributed by atoms with Crippen molar-refractivity contribution in [2.75, 3.05) is 5.32 Å². The highest BCUT2D eigenvalue weighted by Crippen LogP contribution is 2.17. The number of rotatable bonds is 2. The summed E-state index contributed by atoms with van der Waals surface area (Å²) in [4.78, 5) is 11.8. The summed E-state index contributed by atoms with van der Waals surface area (Å²) >= 11 is 5.88. The summed E-state index contributed by atoms with van der Waals surface area (Å²) in [5.74, 6) is -0.761. The molecule has 86 valence electrons. The van der Waals surface area contributed by atoms with Crippen molar-refractivity contribution in [3.63, 3.8) is 0 Å². The summed E-state index contributed by atoms with van der Waals surface area (Å²) in [5, 5.41) is 2.94. The normalized spacial score (nSPS) is 10.0. The van der Waals surface area contributed by atoms with Gasteiger partial charge in [0, 0.05) is 5.69 Å². The Labute approximate surface area is 103 Å². The molecule has 0 saturated heterocycles. The molecule has 0 aromatic heterocycles. The van der Waals surface area contributed by atoms with E-state index in [1.165, 1.54) is 18.2 Å². The lowest BCUT2D eigenvalue weighted by molar-refractivity contribution is 0.102. The molecule has 0 bridgehead atoms. The quantitative estimate of drug-likeness (QED) is 0.863. The number of hydrogen-bond donors (Lipinski definition) is 1. The number of amides is 1. The molecular formula is C13H9ClFNO. The number of hydrogen-bond acceptors (Lipinski definition) is 1. The standard InChI is InChI=1S/C13H9ClFNO/c14-12-7-2-1-6-11(12)13(17)16-10-5-3-4-9(15)8-10/h1-8H,(H,16,17). The molecule has 2 aromatic rings. The van der Waals surface area contributed by atoms with Gasteiger partial charge in [0.25, 0.3) is 5.91 Å². The highest BCUT2D eigenvalue weighted by molar-refractivity contribution is 6.34. The average molecular weight is 250 g/mol. The zero-order valence-corrected chi connectivity index (χ0v) is 9.54. The van der Waals surface area contributed by atoms with Crippen molar-refractivity contribution in [3.8, 4) is 0 Å². The van der Waals surface area contributed by atoms with Crippen molar-refractivity contribution in [1.29, 1.82) is 0 Å². The summed E-state index contributed by atoms with van der Waals surface area (Å²) in [6.45, 7) is 0. The predicted octanol–water partition coefficient (Wildman–Crippen LogP) is 3.73. The minimum atomic E-state index is -0.401. The number of anilines is 1. The van der Waals surface area contributed by atoms with Crippen LogP contribution in [-0.2, 0) is 0 Å². The Balaban J connectivity index is 2.20. The van der Waals surface area contributed by atoms with E-state index < -0.39 is 5.82 Å². The SMILES string of the molecule is O=C(Nc1cccc(F)c1)c1ccccc1Cl. The number of nitrogens with one attached hydrogen (secondary N) is 1. The van der Waals surface area contributed by atoms with E-state index in [1.807, 2.05) is 0 Å². The topological polar surface area (TPSA) is 29.1 Å². The molecule has 0 heterocycles. The van der Waals surface area contributed by atoms with E-state index in [4.69, 9.17) is 11.6 Å². The smallest absolute Gasteiger partial charge is 0.257 e. The van der Waals surface area contributed by atoms with Crippen LogP contribution in [0.2, 0.25) is 5.02 Å². The maximum absolute atomic E-state index is 12.9. The molecule has 2 nitrogen and oxygen atoms in total. The first-order valence-electron chi connectivity index (χ1n) is 4.98. The molecule has 1 amide bonds. The molecule has 0 spiro atoms. The molecular weight excluding hydrogens is 241 g/mol. The Morgan fingerprint density at radius 3 is 2.59 bits per heavy atom. The number of carbonyl (C=O) groups is 1. The maximum Gasteiger partial charge on any atom is 0.257 e. The van der Waals surface area contributed by atoms with E-state index in [1.54, 1.807) is 30.3 Å². The van der Waals surface area contributed by atoms with Gasteiger partial charge in [-0.1, -0.05) is 29.8 Å². The first-order chi connectivity index (χ1) is 8.16. The van der Waals surface area contributed by atoms with Crippen LogP contribution >= 0.6 is 11.6 Å². The lowest BCUT2D eigenvalue weighted by Gasteiger charge is -2.06. The molecule has 2 aromatic carbocycles. The lowest BCUT2D eigenvalue weighted by atomic mass is 10.2. The van der Waals surface area contributed by atoms with Gasteiger partial charge in [-0.05, 0) is 30.3 Å². The fraction of sp³-hybridized carbons (Fsp3) is 0. The van der Waals surface area contributed by atoms with Gasteiger partial charge >= 0.3 is 0 Å². The summed E-state index contributed by atoms with van der Waals surface area (Å²) in [5.41, 5.74) is 0.758. The van der Waals surface area contributed by atoms with Crippen LogP contribution in [0.25, 0.3) is 0 Å². The van der Waals surface area contributed by atoms with Gasteiger partial charge < -0.3 is 5.32 Å². The van der Waals surface area contributed by atoms with Crippen LogP contribution in [0.15, 0.2) is 48.5 Å². The van der Waals surface area contributed by atoms with Crippen LogP contribution in [0.1, 0.15) is 10.4 Å². The molecule has 1 N–H and O–H groups in total. The van der Waals surface area contributed by atoms with Crippen molar-refractivity contribution in [2.24, 2.45) is 0 Å². The molecule has 4 heteroatoms. The van der Waals surface area contributed by atoms with Gasteiger partial charge in [-0.2, -0.15) is 0 Å². The summed E-state index contributed by atoms with van der Waals surface area (Å²) in [6, 6.07) is 12.4. The lowest BCUT2D eigenvalue weighted by Crippen LogP contribution is -2.12. The summed E-state index contributed by atoms with van der Waals surface area (Å²) in [6.07, 6.45) is 0. The third kappa shape index (κ3) is 2.82. The van der Waals surface area contributed by atoms with Gasteiger partial charge in [-0.25, -0.2) is 4.39 Å². The third-order valence-corrected chi connectivity index (χ3v) is 2.53. The van der Waals surface area contributed by atoms with Crippen LogP contribution < -0.4 is 5.32 Å². The summed E-state index contributed by atoms with van der Waals surface area (Å²) < 4.78 is 12.9.